The van der Waals surface area contributed by atoms with Crippen molar-refractivity contribution >= 4 is 27.4 Å². The summed E-state index contributed by atoms with van der Waals surface area (Å²) in [7, 11) is 1.65. The molecule has 2 heterocycles. The first-order valence-corrected chi connectivity index (χ1v) is 7.42. The Morgan fingerprint density at radius 1 is 1.40 bits per heavy atom. The van der Waals surface area contributed by atoms with Crippen LogP contribution in [0.3, 0.4) is 0 Å². The van der Waals surface area contributed by atoms with E-state index in [0.717, 1.165) is 29.0 Å². The van der Waals surface area contributed by atoms with Gasteiger partial charge < -0.3 is 5.32 Å². The molecule has 20 heavy (non-hydrogen) atoms. The van der Waals surface area contributed by atoms with E-state index in [1.54, 1.807) is 7.05 Å². The number of nitrogens with one attached hydrogen (secondary N) is 1. The van der Waals surface area contributed by atoms with Crippen molar-refractivity contribution in [3.63, 3.8) is 0 Å². The number of nitrogens with zero attached hydrogens (tertiary/aromatic N) is 3. The van der Waals surface area contributed by atoms with Gasteiger partial charge in [-0.15, -0.1) is 11.3 Å². The zero-order valence-electron chi connectivity index (χ0n) is 11.6. The van der Waals surface area contributed by atoms with Gasteiger partial charge in [0.2, 0.25) is 0 Å². The summed E-state index contributed by atoms with van der Waals surface area (Å²) in [4.78, 5) is 11.3. The Labute approximate surface area is 120 Å². The number of aromatic nitrogens is 2. The van der Waals surface area contributed by atoms with E-state index in [-0.39, 0.29) is 6.54 Å². The first-order chi connectivity index (χ1) is 9.60. The molecule has 0 spiro atoms. The molecule has 2 aromatic heterocycles. The first-order valence-electron chi connectivity index (χ1n) is 6.54. The normalized spacial score (nSPS) is 11.7. The van der Waals surface area contributed by atoms with E-state index in [2.05, 4.69) is 22.2 Å². The van der Waals surface area contributed by atoms with E-state index in [1.807, 2.05) is 11.4 Å². The van der Waals surface area contributed by atoms with Crippen LogP contribution in [0, 0.1) is 0 Å². The van der Waals surface area contributed by atoms with Gasteiger partial charge in [0.05, 0.1) is 18.5 Å². The lowest BCUT2D eigenvalue weighted by Gasteiger charge is -2.15. The molecule has 0 fully saturated rings. The fourth-order valence-electron chi connectivity index (χ4n) is 1.89. The standard InChI is InChI=1S/C13H18F2N4S/c1-3-5-16-12-9-4-6-20-13(9)18-11(17-12)8-19(2)7-10(14)15/h4,6,10H,3,5,7-8H2,1-2H3,(H,16,17,18). The molecular formula is C13H18F2N4S. The van der Waals surface area contributed by atoms with E-state index < -0.39 is 6.43 Å². The van der Waals surface area contributed by atoms with Crippen molar-refractivity contribution < 1.29 is 8.78 Å². The Hall–Kier alpha value is -1.34. The predicted octanol–water partition coefficient (Wildman–Crippen LogP) is 3.21. The summed E-state index contributed by atoms with van der Waals surface area (Å²) in [5.74, 6) is 1.36. The first kappa shape index (κ1) is 15.1. The molecule has 2 rings (SSSR count). The van der Waals surface area contributed by atoms with E-state index in [9.17, 15) is 8.78 Å². The number of hydrogen-bond acceptors (Lipinski definition) is 5. The quantitative estimate of drug-likeness (QED) is 0.852. The maximum absolute atomic E-state index is 12.3. The molecule has 0 atom stereocenters. The zero-order chi connectivity index (χ0) is 14.5. The maximum atomic E-state index is 12.3. The van der Waals surface area contributed by atoms with Crippen molar-refractivity contribution in [3.8, 4) is 0 Å². The molecule has 0 bridgehead atoms. The minimum Gasteiger partial charge on any atom is -0.369 e. The van der Waals surface area contributed by atoms with Gasteiger partial charge in [-0.25, -0.2) is 18.7 Å². The third-order valence-corrected chi connectivity index (χ3v) is 3.58. The number of anilines is 1. The highest BCUT2D eigenvalue weighted by atomic mass is 32.1. The highest BCUT2D eigenvalue weighted by molar-refractivity contribution is 7.16. The van der Waals surface area contributed by atoms with Gasteiger partial charge in [0.15, 0.2) is 0 Å². The Morgan fingerprint density at radius 3 is 2.90 bits per heavy atom. The molecule has 0 unspecified atom stereocenters. The van der Waals surface area contributed by atoms with Crippen molar-refractivity contribution in [1.82, 2.24) is 14.9 Å². The molecule has 7 heteroatoms. The van der Waals surface area contributed by atoms with Gasteiger partial charge in [0.1, 0.15) is 16.5 Å². The molecule has 1 N–H and O–H groups in total. The van der Waals surface area contributed by atoms with Crippen LogP contribution in [0.25, 0.3) is 10.2 Å². The maximum Gasteiger partial charge on any atom is 0.251 e. The number of halogens is 2. The molecule has 0 aliphatic rings. The van der Waals surface area contributed by atoms with Crippen molar-refractivity contribution in [2.24, 2.45) is 0 Å². The van der Waals surface area contributed by atoms with Crippen LogP contribution in [0.15, 0.2) is 11.4 Å². The molecule has 0 amide bonds. The molecule has 0 radical (unpaired) electrons. The molecule has 0 saturated carbocycles. The Bertz CT molecular complexity index is 558. The van der Waals surface area contributed by atoms with Crippen LogP contribution >= 0.6 is 11.3 Å². The molecule has 0 aromatic carbocycles. The number of rotatable bonds is 7. The average Bonchev–Trinajstić information content (AvgIpc) is 2.82. The van der Waals surface area contributed by atoms with Gasteiger partial charge in [-0.3, -0.25) is 4.90 Å². The van der Waals surface area contributed by atoms with Gasteiger partial charge in [-0.2, -0.15) is 0 Å². The highest BCUT2D eigenvalue weighted by Gasteiger charge is 2.12. The van der Waals surface area contributed by atoms with Gasteiger partial charge in [0, 0.05) is 6.54 Å². The van der Waals surface area contributed by atoms with Crippen LogP contribution in [-0.2, 0) is 6.54 Å². The van der Waals surface area contributed by atoms with Crippen molar-refractivity contribution in [2.45, 2.75) is 26.3 Å². The number of thiophene rings is 1. The fourth-order valence-corrected chi connectivity index (χ4v) is 2.67. The van der Waals surface area contributed by atoms with Crippen LogP contribution < -0.4 is 5.32 Å². The summed E-state index contributed by atoms with van der Waals surface area (Å²) in [6, 6.07) is 1.98. The van der Waals surface area contributed by atoms with Gasteiger partial charge >= 0.3 is 0 Å². The molecule has 0 aliphatic heterocycles. The summed E-state index contributed by atoms with van der Waals surface area (Å²) >= 11 is 1.53. The van der Waals surface area contributed by atoms with Crippen LogP contribution in [-0.4, -0.2) is 41.4 Å². The number of alkyl halides is 2. The van der Waals surface area contributed by atoms with Crippen molar-refractivity contribution in [1.29, 1.82) is 0 Å². The van der Waals surface area contributed by atoms with E-state index >= 15 is 0 Å². The van der Waals surface area contributed by atoms with E-state index in [0.29, 0.717) is 12.4 Å². The monoisotopic (exact) mass is 300 g/mol. The molecule has 110 valence electrons. The zero-order valence-corrected chi connectivity index (χ0v) is 12.4. The average molecular weight is 300 g/mol. The summed E-state index contributed by atoms with van der Waals surface area (Å²) < 4.78 is 24.7. The van der Waals surface area contributed by atoms with Crippen LogP contribution in [0.2, 0.25) is 0 Å². The number of hydrogen-bond donors (Lipinski definition) is 1. The van der Waals surface area contributed by atoms with E-state index in [4.69, 9.17) is 0 Å². The summed E-state index contributed by atoms with van der Waals surface area (Å²) in [6.45, 7) is 2.95. The lowest BCUT2D eigenvalue weighted by molar-refractivity contribution is 0.0966. The van der Waals surface area contributed by atoms with Gasteiger partial charge in [-0.1, -0.05) is 6.92 Å². The summed E-state index contributed by atoms with van der Waals surface area (Å²) in [5.41, 5.74) is 0. The highest BCUT2D eigenvalue weighted by Crippen LogP contribution is 2.25. The van der Waals surface area contributed by atoms with Crippen molar-refractivity contribution in [2.75, 3.05) is 25.5 Å². The predicted molar refractivity (Wildman–Crippen MR) is 78.5 cm³/mol. The largest absolute Gasteiger partial charge is 0.369 e. The Kier molecular flexibility index (Phi) is 5.19. The Balaban J connectivity index is 2.20. The van der Waals surface area contributed by atoms with Crippen LogP contribution in [0.1, 0.15) is 19.2 Å². The second-order valence-electron chi connectivity index (χ2n) is 4.64. The van der Waals surface area contributed by atoms with E-state index in [1.165, 1.54) is 16.2 Å². The van der Waals surface area contributed by atoms with Crippen LogP contribution in [0.5, 0.6) is 0 Å². The van der Waals surface area contributed by atoms with Crippen LogP contribution in [0.4, 0.5) is 14.6 Å². The third kappa shape index (κ3) is 3.83. The number of fused-ring (bicyclic) bond motifs is 1. The van der Waals surface area contributed by atoms with Gasteiger partial charge in [0.25, 0.3) is 6.43 Å². The van der Waals surface area contributed by atoms with Crippen molar-refractivity contribution in [3.05, 3.63) is 17.3 Å². The summed E-state index contributed by atoms with van der Waals surface area (Å²) in [6.07, 6.45) is -1.35. The molecule has 2 aromatic rings. The topological polar surface area (TPSA) is 41.1 Å². The molecule has 4 nitrogen and oxygen atoms in total. The molecular weight excluding hydrogens is 282 g/mol. The minimum absolute atomic E-state index is 0.274. The lowest BCUT2D eigenvalue weighted by Crippen LogP contribution is -2.25. The fraction of sp³-hybridized carbons (Fsp3) is 0.538. The SMILES string of the molecule is CCCNc1nc(CN(C)CC(F)F)nc2sccc12. The van der Waals surface area contributed by atoms with Gasteiger partial charge in [-0.05, 0) is 24.9 Å². The molecule has 0 saturated heterocycles. The third-order valence-electron chi connectivity index (χ3n) is 2.77. The molecule has 0 aliphatic carbocycles. The summed E-state index contributed by atoms with van der Waals surface area (Å²) in [5, 5.41) is 6.22. The smallest absolute Gasteiger partial charge is 0.251 e. The second-order valence-corrected chi connectivity index (χ2v) is 5.54. The lowest BCUT2D eigenvalue weighted by atomic mass is 10.3. The second kappa shape index (κ2) is 6.90. The minimum atomic E-state index is -2.34. The Morgan fingerprint density at radius 2 is 2.20 bits per heavy atom.